The van der Waals surface area contributed by atoms with Crippen LogP contribution in [0.1, 0.15) is 49.9 Å². The summed E-state index contributed by atoms with van der Waals surface area (Å²) in [6, 6.07) is 15.4. The van der Waals surface area contributed by atoms with E-state index in [0.29, 0.717) is 0 Å². The van der Waals surface area contributed by atoms with E-state index >= 15 is 0 Å². The van der Waals surface area contributed by atoms with Crippen LogP contribution in [-0.2, 0) is 30.3 Å². The van der Waals surface area contributed by atoms with Gasteiger partial charge in [-0.3, -0.25) is 9.59 Å². The number of carbonyl (C=O) groups is 2. The summed E-state index contributed by atoms with van der Waals surface area (Å²) in [4.78, 5) is 23.9. The minimum absolute atomic E-state index is 0.446. The largest absolute Gasteiger partial charge is 0.450 e. The molecule has 4 heteroatoms. The Labute approximate surface area is 155 Å². The summed E-state index contributed by atoms with van der Waals surface area (Å²) in [5.74, 6) is -0.892. The lowest BCUT2D eigenvalue weighted by molar-refractivity contribution is -0.211. The highest BCUT2D eigenvalue weighted by molar-refractivity contribution is 5.69. The Bertz CT molecular complexity index is 722. The smallest absolute Gasteiger partial charge is 0.303 e. The summed E-state index contributed by atoms with van der Waals surface area (Å²) in [6.45, 7) is 10.2. The third kappa shape index (κ3) is 3.79. The Kier molecular flexibility index (Phi) is 5.55. The molecule has 0 radical (unpaired) electrons. The molecule has 138 valence electrons. The van der Waals surface area contributed by atoms with Gasteiger partial charge >= 0.3 is 11.9 Å². The highest BCUT2D eigenvalue weighted by atomic mass is 16.6. The standard InChI is InChI=1S/C22H26O4/c1-15-7-11-19(12-8-15)21(5,25-17(3)23)22(6,26-18(4)24)20-13-9-16(2)10-14-20/h7-14H,1-6H3. The SMILES string of the molecule is CC(=O)OC(C)(c1ccc(C)cc1)C(C)(OC(C)=O)c1ccc(C)cc1. The van der Waals surface area contributed by atoms with Crippen molar-refractivity contribution in [3.8, 4) is 0 Å². The zero-order chi connectivity index (χ0) is 19.5. The molecule has 0 aliphatic heterocycles. The van der Waals surface area contributed by atoms with Gasteiger partial charge in [-0.1, -0.05) is 59.7 Å². The fraction of sp³-hybridized carbons (Fsp3) is 0.364. The van der Waals surface area contributed by atoms with Crippen LogP contribution < -0.4 is 0 Å². The summed E-state index contributed by atoms with van der Waals surface area (Å²) >= 11 is 0. The molecule has 0 saturated carbocycles. The van der Waals surface area contributed by atoms with Gasteiger partial charge in [0, 0.05) is 13.8 Å². The van der Waals surface area contributed by atoms with Crippen molar-refractivity contribution in [1.29, 1.82) is 0 Å². The molecule has 0 amide bonds. The number of hydrogen-bond donors (Lipinski definition) is 0. The quantitative estimate of drug-likeness (QED) is 0.739. The highest BCUT2D eigenvalue weighted by Crippen LogP contribution is 2.46. The molecule has 0 saturated heterocycles. The van der Waals surface area contributed by atoms with Gasteiger partial charge in [0.05, 0.1) is 0 Å². The fourth-order valence-corrected chi connectivity index (χ4v) is 3.18. The van der Waals surface area contributed by atoms with Crippen molar-refractivity contribution in [2.24, 2.45) is 0 Å². The van der Waals surface area contributed by atoms with Crippen molar-refractivity contribution in [2.75, 3.05) is 0 Å². The van der Waals surface area contributed by atoms with E-state index in [9.17, 15) is 9.59 Å². The van der Waals surface area contributed by atoms with Crippen LogP contribution in [0, 0.1) is 13.8 Å². The lowest BCUT2D eigenvalue weighted by Crippen LogP contribution is -2.50. The Morgan fingerprint density at radius 2 is 0.923 bits per heavy atom. The van der Waals surface area contributed by atoms with Crippen LogP contribution in [0.15, 0.2) is 48.5 Å². The van der Waals surface area contributed by atoms with Crippen molar-refractivity contribution in [3.05, 3.63) is 70.8 Å². The average Bonchev–Trinajstić information content (AvgIpc) is 2.54. The van der Waals surface area contributed by atoms with Crippen molar-refractivity contribution < 1.29 is 19.1 Å². The Morgan fingerprint density at radius 1 is 0.654 bits per heavy atom. The molecule has 0 aromatic heterocycles. The third-order valence-corrected chi connectivity index (χ3v) is 4.81. The third-order valence-electron chi connectivity index (χ3n) is 4.81. The van der Waals surface area contributed by atoms with Gasteiger partial charge in [-0.05, 0) is 38.8 Å². The number of hydrogen-bond acceptors (Lipinski definition) is 4. The number of aryl methyl sites for hydroxylation is 2. The first-order valence-electron chi connectivity index (χ1n) is 8.62. The predicted molar refractivity (Wildman–Crippen MR) is 101 cm³/mol. The number of ether oxygens (including phenoxy) is 2. The van der Waals surface area contributed by atoms with Crippen LogP contribution >= 0.6 is 0 Å². The van der Waals surface area contributed by atoms with Gasteiger partial charge in [0.25, 0.3) is 0 Å². The van der Waals surface area contributed by atoms with Crippen LogP contribution in [0.2, 0.25) is 0 Å². The van der Waals surface area contributed by atoms with Gasteiger partial charge in [0.2, 0.25) is 0 Å². The molecule has 0 spiro atoms. The fourth-order valence-electron chi connectivity index (χ4n) is 3.18. The molecule has 0 aliphatic rings. The average molecular weight is 354 g/mol. The maximum Gasteiger partial charge on any atom is 0.303 e. The van der Waals surface area contributed by atoms with Gasteiger partial charge in [-0.15, -0.1) is 0 Å². The van der Waals surface area contributed by atoms with E-state index in [0.717, 1.165) is 22.3 Å². The van der Waals surface area contributed by atoms with Crippen molar-refractivity contribution in [1.82, 2.24) is 0 Å². The van der Waals surface area contributed by atoms with E-state index < -0.39 is 23.1 Å². The lowest BCUT2D eigenvalue weighted by Gasteiger charge is -2.45. The van der Waals surface area contributed by atoms with Gasteiger partial charge in [0.1, 0.15) is 0 Å². The minimum Gasteiger partial charge on any atom is -0.450 e. The summed E-state index contributed by atoms with van der Waals surface area (Å²) in [6.07, 6.45) is 0. The lowest BCUT2D eigenvalue weighted by atomic mass is 9.75. The van der Waals surface area contributed by atoms with E-state index in [1.165, 1.54) is 13.8 Å². The van der Waals surface area contributed by atoms with Crippen LogP contribution in [0.25, 0.3) is 0 Å². The van der Waals surface area contributed by atoms with Crippen LogP contribution in [0.3, 0.4) is 0 Å². The summed E-state index contributed by atoms with van der Waals surface area (Å²) in [7, 11) is 0. The van der Waals surface area contributed by atoms with Crippen LogP contribution in [-0.4, -0.2) is 11.9 Å². The van der Waals surface area contributed by atoms with E-state index in [4.69, 9.17) is 9.47 Å². The molecule has 0 fully saturated rings. The molecule has 2 atom stereocenters. The summed E-state index contributed by atoms with van der Waals surface area (Å²) in [5.41, 5.74) is 1.28. The molecule has 26 heavy (non-hydrogen) atoms. The number of carbonyl (C=O) groups excluding carboxylic acids is 2. The second-order valence-corrected chi connectivity index (χ2v) is 6.99. The monoisotopic (exact) mass is 354 g/mol. The molecule has 2 rings (SSSR count). The van der Waals surface area contributed by atoms with E-state index in [2.05, 4.69) is 0 Å². The van der Waals surface area contributed by atoms with E-state index in [-0.39, 0.29) is 0 Å². The Hall–Kier alpha value is -2.62. The molecule has 0 heterocycles. The van der Waals surface area contributed by atoms with E-state index in [1.807, 2.05) is 62.4 Å². The first-order valence-corrected chi connectivity index (χ1v) is 8.62. The second-order valence-electron chi connectivity index (χ2n) is 6.99. The molecule has 0 bridgehead atoms. The molecular weight excluding hydrogens is 328 g/mol. The second kappa shape index (κ2) is 7.32. The summed E-state index contributed by atoms with van der Waals surface area (Å²) in [5, 5.41) is 0. The highest BCUT2D eigenvalue weighted by Gasteiger charge is 2.53. The molecule has 2 unspecified atom stereocenters. The maximum absolute atomic E-state index is 12.0. The van der Waals surface area contributed by atoms with Gasteiger partial charge in [0.15, 0.2) is 11.2 Å². The first-order chi connectivity index (χ1) is 12.1. The van der Waals surface area contributed by atoms with E-state index in [1.54, 1.807) is 13.8 Å². The molecule has 0 aliphatic carbocycles. The summed E-state index contributed by atoms with van der Waals surface area (Å²) < 4.78 is 11.6. The zero-order valence-corrected chi connectivity index (χ0v) is 16.3. The Morgan fingerprint density at radius 3 is 1.15 bits per heavy atom. The van der Waals surface area contributed by atoms with Crippen LogP contribution in [0.4, 0.5) is 0 Å². The molecule has 0 N–H and O–H groups in total. The molecule has 2 aromatic carbocycles. The number of benzene rings is 2. The minimum atomic E-state index is -1.20. The van der Waals surface area contributed by atoms with Gasteiger partial charge < -0.3 is 9.47 Å². The number of esters is 2. The predicted octanol–water partition coefficient (Wildman–Crippen LogP) is 4.56. The normalized spacial score (nSPS) is 15.5. The van der Waals surface area contributed by atoms with Crippen molar-refractivity contribution in [2.45, 2.75) is 52.7 Å². The van der Waals surface area contributed by atoms with Gasteiger partial charge in [-0.25, -0.2) is 0 Å². The molecular formula is C22H26O4. The Balaban J connectivity index is 2.72. The first kappa shape index (κ1) is 19.7. The maximum atomic E-state index is 12.0. The van der Waals surface area contributed by atoms with Gasteiger partial charge in [-0.2, -0.15) is 0 Å². The number of rotatable bonds is 5. The van der Waals surface area contributed by atoms with Crippen LogP contribution in [0.5, 0.6) is 0 Å². The topological polar surface area (TPSA) is 52.6 Å². The van der Waals surface area contributed by atoms with Crippen molar-refractivity contribution >= 4 is 11.9 Å². The molecule has 4 nitrogen and oxygen atoms in total. The molecule has 2 aromatic rings. The zero-order valence-electron chi connectivity index (χ0n) is 16.3. The van der Waals surface area contributed by atoms with Crippen molar-refractivity contribution in [3.63, 3.8) is 0 Å².